The van der Waals surface area contributed by atoms with Gasteiger partial charge in [0.1, 0.15) is 12.4 Å². The molecule has 0 unspecified atom stereocenters. The normalized spacial score (nSPS) is 12.0. The summed E-state index contributed by atoms with van der Waals surface area (Å²) in [5, 5.41) is 2.93. The second-order valence-electron chi connectivity index (χ2n) is 5.70. The minimum Gasteiger partial charge on any atom is -0.489 e. The maximum Gasteiger partial charge on any atom is 0.251 e. The van der Waals surface area contributed by atoms with Crippen molar-refractivity contribution in [2.75, 3.05) is 20.6 Å². The summed E-state index contributed by atoms with van der Waals surface area (Å²) in [6.45, 7) is 3.09. The van der Waals surface area contributed by atoms with Gasteiger partial charge >= 0.3 is 0 Å². The van der Waals surface area contributed by atoms with Gasteiger partial charge in [-0.3, -0.25) is 9.78 Å². The smallest absolute Gasteiger partial charge is 0.251 e. The Bertz CT molecular complexity index is 629. The summed E-state index contributed by atoms with van der Waals surface area (Å²) in [6.07, 6.45) is 3.49. The standard InChI is InChI=1S/C18H23N3O2/c1-14(21(2)3)11-20-18(22)16-7-4-8-17(10-16)23-13-15-6-5-9-19-12-15/h4-10,12,14H,11,13H2,1-3H3,(H,20,22)/t14-/m0/s1. The van der Waals surface area contributed by atoms with Crippen molar-refractivity contribution in [3.05, 3.63) is 59.9 Å². The summed E-state index contributed by atoms with van der Waals surface area (Å²) in [4.78, 5) is 18.3. The van der Waals surface area contributed by atoms with Gasteiger partial charge in [-0.15, -0.1) is 0 Å². The van der Waals surface area contributed by atoms with Gasteiger partial charge in [-0.2, -0.15) is 0 Å². The van der Waals surface area contributed by atoms with E-state index in [1.807, 2.05) is 38.4 Å². The van der Waals surface area contributed by atoms with Crippen LogP contribution in [0.15, 0.2) is 48.8 Å². The number of pyridine rings is 1. The van der Waals surface area contributed by atoms with Crippen LogP contribution in [0.4, 0.5) is 0 Å². The minimum absolute atomic E-state index is 0.0921. The number of hydrogen-bond donors (Lipinski definition) is 1. The Labute approximate surface area is 137 Å². The number of amides is 1. The SMILES string of the molecule is C[C@@H](CNC(=O)c1cccc(OCc2cccnc2)c1)N(C)C. The molecular formula is C18H23N3O2. The molecule has 5 heteroatoms. The fourth-order valence-corrected chi connectivity index (χ4v) is 1.90. The first kappa shape index (κ1) is 17.0. The highest BCUT2D eigenvalue weighted by molar-refractivity contribution is 5.94. The lowest BCUT2D eigenvalue weighted by Gasteiger charge is -2.20. The highest BCUT2D eigenvalue weighted by atomic mass is 16.5. The molecule has 0 saturated carbocycles. The van der Waals surface area contributed by atoms with Gasteiger partial charge < -0.3 is 15.0 Å². The van der Waals surface area contributed by atoms with E-state index in [0.717, 1.165) is 5.56 Å². The van der Waals surface area contributed by atoms with E-state index in [2.05, 4.69) is 22.1 Å². The van der Waals surface area contributed by atoms with Crippen LogP contribution in [0.5, 0.6) is 5.75 Å². The van der Waals surface area contributed by atoms with Gasteiger partial charge in [0.25, 0.3) is 5.91 Å². The molecule has 23 heavy (non-hydrogen) atoms. The zero-order valence-corrected chi connectivity index (χ0v) is 13.8. The molecule has 0 aliphatic heterocycles. The summed E-state index contributed by atoms with van der Waals surface area (Å²) in [6, 6.07) is 11.3. The van der Waals surface area contributed by atoms with Crippen molar-refractivity contribution >= 4 is 5.91 Å². The van der Waals surface area contributed by atoms with Gasteiger partial charge in [0.05, 0.1) is 0 Å². The van der Waals surface area contributed by atoms with E-state index in [9.17, 15) is 4.79 Å². The number of nitrogens with one attached hydrogen (secondary N) is 1. The first-order chi connectivity index (χ1) is 11.1. The molecule has 1 amide bonds. The van der Waals surface area contributed by atoms with Gasteiger partial charge in [0.15, 0.2) is 0 Å². The van der Waals surface area contributed by atoms with Crippen LogP contribution in [0.1, 0.15) is 22.8 Å². The molecule has 0 aliphatic carbocycles. The van der Waals surface area contributed by atoms with Crippen LogP contribution in [0.3, 0.4) is 0 Å². The maximum absolute atomic E-state index is 12.2. The second-order valence-corrected chi connectivity index (χ2v) is 5.70. The van der Waals surface area contributed by atoms with Crippen LogP contribution in [0.25, 0.3) is 0 Å². The van der Waals surface area contributed by atoms with Crippen molar-refractivity contribution in [3.63, 3.8) is 0 Å². The first-order valence-corrected chi connectivity index (χ1v) is 7.62. The highest BCUT2D eigenvalue weighted by Crippen LogP contribution is 2.15. The Morgan fingerprint density at radius 2 is 2.13 bits per heavy atom. The van der Waals surface area contributed by atoms with E-state index in [-0.39, 0.29) is 11.9 Å². The van der Waals surface area contributed by atoms with Crippen molar-refractivity contribution in [1.29, 1.82) is 0 Å². The third-order valence-corrected chi connectivity index (χ3v) is 3.66. The molecular weight excluding hydrogens is 290 g/mol. The average Bonchev–Trinajstić information content (AvgIpc) is 2.58. The molecule has 0 saturated heterocycles. The van der Waals surface area contributed by atoms with E-state index < -0.39 is 0 Å². The van der Waals surface area contributed by atoms with E-state index in [4.69, 9.17) is 4.74 Å². The fraction of sp³-hybridized carbons (Fsp3) is 0.333. The maximum atomic E-state index is 12.2. The number of hydrogen-bond acceptors (Lipinski definition) is 4. The number of rotatable bonds is 7. The molecule has 1 atom stereocenters. The zero-order chi connectivity index (χ0) is 16.7. The van der Waals surface area contributed by atoms with E-state index in [0.29, 0.717) is 24.5 Å². The molecule has 0 radical (unpaired) electrons. The van der Waals surface area contributed by atoms with Crippen LogP contribution in [0.2, 0.25) is 0 Å². The van der Waals surface area contributed by atoms with Gasteiger partial charge in [0.2, 0.25) is 0 Å². The predicted octanol–water partition coefficient (Wildman–Crippen LogP) is 2.34. The third-order valence-electron chi connectivity index (χ3n) is 3.66. The number of likely N-dealkylation sites (N-methyl/N-ethyl adjacent to an activating group) is 1. The molecule has 122 valence electrons. The minimum atomic E-state index is -0.0921. The largest absolute Gasteiger partial charge is 0.489 e. The van der Waals surface area contributed by atoms with Crippen LogP contribution in [0, 0.1) is 0 Å². The number of carbonyl (C=O) groups excluding carboxylic acids is 1. The fourth-order valence-electron chi connectivity index (χ4n) is 1.90. The molecule has 5 nitrogen and oxygen atoms in total. The van der Waals surface area contributed by atoms with E-state index in [1.165, 1.54) is 0 Å². The molecule has 0 fully saturated rings. The predicted molar refractivity (Wildman–Crippen MR) is 90.5 cm³/mol. The van der Waals surface area contributed by atoms with Gasteiger partial charge in [-0.05, 0) is 45.3 Å². The Kier molecular flexibility index (Phi) is 6.11. The Hall–Kier alpha value is -2.40. The van der Waals surface area contributed by atoms with Gasteiger partial charge in [-0.25, -0.2) is 0 Å². The number of benzene rings is 1. The topological polar surface area (TPSA) is 54.5 Å². The molecule has 0 bridgehead atoms. The zero-order valence-electron chi connectivity index (χ0n) is 13.8. The first-order valence-electron chi connectivity index (χ1n) is 7.62. The van der Waals surface area contributed by atoms with E-state index >= 15 is 0 Å². The summed E-state index contributed by atoms with van der Waals surface area (Å²) in [5.41, 5.74) is 1.59. The molecule has 2 rings (SSSR count). The number of carbonyl (C=O) groups is 1. The van der Waals surface area contributed by atoms with Gasteiger partial charge in [-0.1, -0.05) is 12.1 Å². The van der Waals surface area contributed by atoms with E-state index in [1.54, 1.807) is 24.5 Å². The van der Waals surface area contributed by atoms with Crippen LogP contribution in [-0.4, -0.2) is 42.5 Å². The Balaban J connectivity index is 1.92. The second kappa shape index (κ2) is 8.29. The van der Waals surface area contributed by atoms with Crippen molar-refractivity contribution in [3.8, 4) is 5.75 Å². The lowest BCUT2D eigenvalue weighted by Crippen LogP contribution is -2.38. The third kappa shape index (κ3) is 5.38. The summed E-state index contributed by atoms with van der Waals surface area (Å²) >= 11 is 0. The van der Waals surface area contributed by atoms with Crippen molar-refractivity contribution in [1.82, 2.24) is 15.2 Å². The van der Waals surface area contributed by atoms with Crippen molar-refractivity contribution < 1.29 is 9.53 Å². The average molecular weight is 313 g/mol. The molecule has 0 spiro atoms. The van der Waals surface area contributed by atoms with Crippen molar-refractivity contribution in [2.24, 2.45) is 0 Å². The lowest BCUT2D eigenvalue weighted by atomic mass is 10.2. The van der Waals surface area contributed by atoms with Crippen LogP contribution in [-0.2, 0) is 6.61 Å². The number of aromatic nitrogens is 1. The quantitative estimate of drug-likeness (QED) is 0.852. The number of nitrogens with zero attached hydrogens (tertiary/aromatic N) is 2. The molecule has 1 N–H and O–H groups in total. The lowest BCUT2D eigenvalue weighted by molar-refractivity contribution is 0.0943. The number of ether oxygens (including phenoxy) is 1. The monoisotopic (exact) mass is 313 g/mol. The molecule has 1 heterocycles. The molecule has 1 aromatic carbocycles. The van der Waals surface area contributed by atoms with Crippen molar-refractivity contribution in [2.45, 2.75) is 19.6 Å². The van der Waals surface area contributed by atoms with Crippen LogP contribution < -0.4 is 10.1 Å². The summed E-state index contributed by atoms with van der Waals surface area (Å²) in [7, 11) is 3.98. The Morgan fingerprint density at radius 3 is 2.83 bits per heavy atom. The Morgan fingerprint density at radius 1 is 1.30 bits per heavy atom. The molecule has 0 aliphatic rings. The highest BCUT2D eigenvalue weighted by Gasteiger charge is 2.10. The van der Waals surface area contributed by atoms with Gasteiger partial charge in [0, 0.05) is 36.1 Å². The molecule has 1 aromatic heterocycles. The summed E-state index contributed by atoms with van der Waals surface area (Å²) < 4.78 is 5.72. The summed E-state index contributed by atoms with van der Waals surface area (Å²) in [5.74, 6) is 0.577. The molecule has 2 aromatic rings. The van der Waals surface area contributed by atoms with Crippen LogP contribution >= 0.6 is 0 Å².